The number of rotatable bonds is 7. The molecule has 1 aromatic rings. The standard InChI is InChI=1S/C10H14ClNO5S3/c1-2-18(13)7-6-12-20(16,17)10-5-3-4-9(8-10)19(11,14)15/h3-5,8,12H,2,6-7H2,1H3. The molecule has 0 fully saturated rings. The van der Waals surface area contributed by atoms with Crippen molar-refractivity contribution in [1.82, 2.24) is 4.72 Å². The molecule has 1 aromatic carbocycles. The highest BCUT2D eigenvalue weighted by Gasteiger charge is 2.17. The summed E-state index contributed by atoms with van der Waals surface area (Å²) in [4.78, 5) is -0.499. The first-order chi connectivity index (χ1) is 9.16. The van der Waals surface area contributed by atoms with E-state index in [1.54, 1.807) is 6.92 Å². The van der Waals surface area contributed by atoms with Gasteiger partial charge in [-0.3, -0.25) is 4.21 Å². The van der Waals surface area contributed by atoms with E-state index < -0.39 is 29.9 Å². The zero-order chi connectivity index (χ0) is 15.4. The highest BCUT2D eigenvalue weighted by Crippen LogP contribution is 2.18. The van der Waals surface area contributed by atoms with Crippen molar-refractivity contribution in [1.29, 1.82) is 0 Å². The van der Waals surface area contributed by atoms with Gasteiger partial charge in [-0.25, -0.2) is 21.6 Å². The highest BCUT2D eigenvalue weighted by atomic mass is 35.7. The molecule has 0 saturated heterocycles. The van der Waals surface area contributed by atoms with Crippen LogP contribution < -0.4 is 4.72 Å². The van der Waals surface area contributed by atoms with Crippen molar-refractivity contribution in [2.45, 2.75) is 16.7 Å². The van der Waals surface area contributed by atoms with Gasteiger partial charge < -0.3 is 0 Å². The van der Waals surface area contributed by atoms with Crippen LogP contribution in [0, 0.1) is 0 Å². The van der Waals surface area contributed by atoms with Crippen LogP contribution in [-0.4, -0.2) is 39.1 Å². The lowest BCUT2D eigenvalue weighted by Crippen LogP contribution is -2.28. The molecule has 0 aliphatic rings. The zero-order valence-corrected chi connectivity index (χ0v) is 13.8. The van der Waals surface area contributed by atoms with Crippen molar-refractivity contribution in [2.24, 2.45) is 0 Å². The second-order valence-electron chi connectivity index (χ2n) is 3.74. The van der Waals surface area contributed by atoms with Gasteiger partial charge in [0.15, 0.2) is 0 Å². The fourth-order valence-electron chi connectivity index (χ4n) is 1.31. The Hall–Kier alpha value is -0.480. The van der Waals surface area contributed by atoms with Crippen LogP contribution in [0.25, 0.3) is 0 Å². The van der Waals surface area contributed by atoms with E-state index >= 15 is 0 Å². The minimum atomic E-state index is -3.99. The third-order valence-corrected chi connectivity index (χ3v) is 6.45. The lowest BCUT2D eigenvalue weighted by Gasteiger charge is -2.07. The van der Waals surface area contributed by atoms with E-state index in [-0.39, 0.29) is 22.1 Å². The molecule has 0 aliphatic heterocycles. The Balaban J connectivity index is 2.91. The molecule has 0 saturated carbocycles. The molecule has 114 valence electrons. The quantitative estimate of drug-likeness (QED) is 0.721. The van der Waals surface area contributed by atoms with Gasteiger partial charge in [-0.1, -0.05) is 13.0 Å². The third kappa shape index (κ3) is 5.13. The van der Waals surface area contributed by atoms with Gasteiger partial charge in [0.05, 0.1) is 9.79 Å². The van der Waals surface area contributed by atoms with Crippen LogP contribution in [0.15, 0.2) is 34.1 Å². The number of hydrogen-bond donors (Lipinski definition) is 1. The monoisotopic (exact) mass is 359 g/mol. The smallest absolute Gasteiger partial charge is 0.260 e. The Morgan fingerprint density at radius 2 is 1.80 bits per heavy atom. The molecule has 0 spiro atoms. The molecule has 1 N–H and O–H groups in total. The van der Waals surface area contributed by atoms with Crippen LogP contribution >= 0.6 is 10.7 Å². The summed E-state index contributed by atoms with van der Waals surface area (Å²) in [6.45, 7) is 1.75. The van der Waals surface area contributed by atoms with Crippen LogP contribution in [-0.2, 0) is 29.9 Å². The molecule has 0 aromatic heterocycles. The molecule has 0 radical (unpaired) electrons. The molecule has 0 amide bonds. The van der Waals surface area contributed by atoms with Crippen LogP contribution in [0.1, 0.15) is 6.92 Å². The van der Waals surface area contributed by atoms with Crippen molar-refractivity contribution in [3.63, 3.8) is 0 Å². The van der Waals surface area contributed by atoms with E-state index in [1.807, 2.05) is 0 Å². The summed E-state index contributed by atoms with van der Waals surface area (Å²) >= 11 is 0. The third-order valence-electron chi connectivity index (χ3n) is 2.34. The first kappa shape index (κ1) is 17.6. The predicted molar refractivity (Wildman–Crippen MR) is 78.2 cm³/mol. The van der Waals surface area contributed by atoms with Crippen molar-refractivity contribution in [2.75, 3.05) is 18.1 Å². The van der Waals surface area contributed by atoms with Crippen molar-refractivity contribution >= 4 is 40.6 Å². The number of sulfonamides is 1. The molecule has 0 heterocycles. The Bertz CT molecular complexity index is 699. The molecule has 1 atom stereocenters. The molecule has 0 aliphatic carbocycles. The molecule has 20 heavy (non-hydrogen) atoms. The van der Waals surface area contributed by atoms with Gasteiger partial charge in [0.1, 0.15) is 0 Å². The summed E-state index contributed by atoms with van der Waals surface area (Å²) < 4.78 is 59.7. The number of halogens is 1. The van der Waals surface area contributed by atoms with Crippen LogP contribution in [0.5, 0.6) is 0 Å². The molecule has 6 nitrogen and oxygen atoms in total. The summed E-state index contributed by atoms with van der Waals surface area (Å²) in [5.74, 6) is 0.644. The van der Waals surface area contributed by atoms with Gasteiger partial charge in [-0.2, -0.15) is 0 Å². The van der Waals surface area contributed by atoms with Gasteiger partial charge in [-0.05, 0) is 18.2 Å². The Morgan fingerprint density at radius 1 is 1.20 bits per heavy atom. The molecular formula is C10H14ClNO5S3. The largest absolute Gasteiger partial charge is 0.261 e. The first-order valence-electron chi connectivity index (χ1n) is 5.56. The summed E-state index contributed by atoms with van der Waals surface area (Å²) in [5.41, 5.74) is 0. The van der Waals surface area contributed by atoms with Crippen LogP contribution in [0.3, 0.4) is 0 Å². The fraction of sp³-hybridized carbons (Fsp3) is 0.400. The lowest BCUT2D eigenvalue weighted by molar-refractivity contribution is 0.583. The summed E-state index contributed by atoms with van der Waals surface area (Å²) in [5, 5.41) is 0. The second-order valence-corrected chi connectivity index (χ2v) is 9.94. The fourth-order valence-corrected chi connectivity index (χ4v) is 4.01. The van der Waals surface area contributed by atoms with Gasteiger partial charge in [0.25, 0.3) is 9.05 Å². The first-order valence-corrected chi connectivity index (χ1v) is 10.8. The number of hydrogen-bond acceptors (Lipinski definition) is 5. The highest BCUT2D eigenvalue weighted by molar-refractivity contribution is 8.13. The van der Waals surface area contributed by atoms with E-state index in [0.717, 1.165) is 6.07 Å². The van der Waals surface area contributed by atoms with Crippen LogP contribution in [0.4, 0.5) is 0 Å². The van der Waals surface area contributed by atoms with E-state index in [0.29, 0.717) is 5.75 Å². The predicted octanol–water partition coefficient (Wildman–Crippen LogP) is 0.661. The van der Waals surface area contributed by atoms with Gasteiger partial charge in [-0.15, -0.1) is 0 Å². The lowest BCUT2D eigenvalue weighted by atomic mass is 10.4. The number of nitrogens with one attached hydrogen (secondary N) is 1. The summed E-state index contributed by atoms with van der Waals surface area (Å²) in [6, 6.07) is 4.72. The maximum Gasteiger partial charge on any atom is 0.261 e. The molecule has 0 bridgehead atoms. The van der Waals surface area contributed by atoms with E-state index in [4.69, 9.17) is 10.7 Å². The Kier molecular flexibility index (Phi) is 6.14. The van der Waals surface area contributed by atoms with Gasteiger partial charge in [0, 0.05) is 39.5 Å². The molecule has 1 unspecified atom stereocenters. The van der Waals surface area contributed by atoms with E-state index in [2.05, 4.69) is 4.72 Å². The minimum Gasteiger partial charge on any atom is -0.260 e. The van der Waals surface area contributed by atoms with Crippen molar-refractivity contribution in [3.8, 4) is 0 Å². The van der Waals surface area contributed by atoms with Crippen LogP contribution in [0.2, 0.25) is 0 Å². The maximum atomic E-state index is 11.9. The van der Waals surface area contributed by atoms with Gasteiger partial charge >= 0.3 is 0 Å². The average Bonchev–Trinajstić information content (AvgIpc) is 2.37. The normalized spacial score (nSPS) is 14.1. The van der Waals surface area contributed by atoms with Crippen molar-refractivity contribution in [3.05, 3.63) is 24.3 Å². The topological polar surface area (TPSA) is 97.4 Å². The van der Waals surface area contributed by atoms with Gasteiger partial charge in [0.2, 0.25) is 10.0 Å². The minimum absolute atomic E-state index is 0.0145. The summed E-state index contributed by atoms with van der Waals surface area (Å²) in [6.07, 6.45) is 0. The molecular weight excluding hydrogens is 346 g/mol. The van der Waals surface area contributed by atoms with E-state index in [9.17, 15) is 21.0 Å². The maximum absolute atomic E-state index is 11.9. The zero-order valence-electron chi connectivity index (χ0n) is 10.6. The van der Waals surface area contributed by atoms with E-state index in [1.165, 1.54) is 18.2 Å². The molecule has 1 rings (SSSR count). The summed E-state index contributed by atoms with van der Waals surface area (Å²) in [7, 11) is -3.76. The Morgan fingerprint density at radius 3 is 2.35 bits per heavy atom. The Labute approximate surface area is 125 Å². The van der Waals surface area contributed by atoms with Crippen molar-refractivity contribution < 1.29 is 21.0 Å². The second kappa shape index (κ2) is 6.99. The molecule has 10 heteroatoms. The SMILES string of the molecule is CCS(=O)CCNS(=O)(=O)c1cccc(S(=O)(=O)Cl)c1. The average molecular weight is 360 g/mol. The number of benzene rings is 1.